The minimum absolute atomic E-state index is 0.132. The molecule has 3 rings (SSSR count). The molecule has 0 saturated carbocycles. The van der Waals surface area contributed by atoms with Crippen LogP contribution in [0.2, 0.25) is 0 Å². The van der Waals surface area contributed by atoms with Crippen molar-refractivity contribution in [3.05, 3.63) is 65.2 Å². The summed E-state index contributed by atoms with van der Waals surface area (Å²) in [5.74, 6) is 0.576. The Kier molecular flexibility index (Phi) is 8.76. The van der Waals surface area contributed by atoms with E-state index in [4.69, 9.17) is 0 Å². The van der Waals surface area contributed by atoms with Gasteiger partial charge >= 0.3 is 0 Å². The summed E-state index contributed by atoms with van der Waals surface area (Å²) < 4.78 is 29.0. The fourth-order valence-corrected chi connectivity index (χ4v) is 5.93. The highest BCUT2D eigenvalue weighted by Gasteiger charge is 2.31. The lowest BCUT2D eigenvalue weighted by atomic mass is 10.1. The third-order valence-electron chi connectivity index (χ3n) is 5.77. The van der Waals surface area contributed by atoms with E-state index in [2.05, 4.69) is 21.8 Å². The van der Waals surface area contributed by atoms with Gasteiger partial charge in [-0.25, -0.2) is 8.42 Å². The Morgan fingerprint density at radius 3 is 2.41 bits per heavy atom. The van der Waals surface area contributed by atoms with Crippen molar-refractivity contribution in [2.24, 2.45) is 0 Å². The van der Waals surface area contributed by atoms with E-state index in [0.29, 0.717) is 30.8 Å². The van der Waals surface area contributed by atoms with Crippen molar-refractivity contribution < 1.29 is 13.2 Å². The lowest BCUT2D eigenvalue weighted by molar-refractivity contribution is -0.134. The molecule has 0 aromatic heterocycles. The number of thioether (sulfide) groups is 1. The summed E-state index contributed by atoms with van der Waals surface area (Å²) in [5, 5.41) is 0. The summed E-state index contributed by atoms with van der Waals surface area (Å²) in [7, 11) is -3.80. The minimum atomic E-state index is -3.80. The highest BCUT2D eigenvalue weighted by Crippen LogP contribution is 2.19. The molecule has 2 aromatic carbocycles. The number of nitrogens with one attached hydrogen (secondary N) is 1. The Balaban J connectivity index is 1.66. The molecule has 1 N–H and O–H groups in total. The zero-order chi connectivity index (χ0) is 23.1. The summed E-state index contributed by atoms with van der Waals surface area (Å²) in [6, 6.07) is 14.9. The monoisotopic (exact) mass is 475 g/mol. The molecule has 6 nitrogen and oxygen atoms in total. The molecule has 1 amide bonds. The summed E-state index contributed by atoms with van der Waals surface area (Å²) in [4.78, 5) is 17.7. The van der Waals surface area contributed by atoms with Crippen LogP contribution >= 0.6 is 11.8 Å². The fourth-order valence-electron chi connectivity index (χ4n) is 3.90. The van der Waals surface area contributed by atoms with E-state index in [0.717, 1.165) is 25.2 Å². The third kappa shape index (κ3) is 6.57. The molecule has 1 fully saturated rings. The smallest absolute Gasteiger partial charge is 0.241 e. The molecule has 0 unspecified atom stereocenters. The first-order chi connectivity index (χ1) is 15.3. The topological polar surface area (TPSA) is 69.7 Å². The fraction of sp³-hybridized carbons (Fsp3) is 0.458. The van der Waals surface area contributed by atoms with Crippen molar-refractivity contribution in [3.8, 4) is 0 Å². The van der Waals surface area contributed by atoms with E-state index < -0.39 is 16.1 Å². The number of benzene rings is 2. The van der Waals surface area contributed by atoms with Gasteiger partial charge in [-0.1, -0.05) is 42.5 Å². The van der Waals surface area contributed by atoms with Gasteiger partial charge in [-0.2, -0.15) is 16.5 Å². The molecule has 174 valence electrons. The first kappa shape index (κ1) is 24.8. The Morgan fingerprint density at radius 1 is 1.06 bits per heavy atom. The van der Waals surface area contributed by atoms with Crippen molar-refractivity contribution in [3.63, 3.8) is 0 Å². The van der Waals surface area contributed by atoms with Crippen LogP contribution in [0, 0.1) is 13.8 Å². The Bertz CT molecular complexity index is 1000. The molecule has 0 bridgehead atoms. The Morgan fingerprint density at radius 2 is 1.75 bits per heavy atom. The van der Waals surface area contributed by atoms with Crippen LogP contribution in [0.4, 0.5) is 0 Å². The van der Waals surface area contributed by atoms with Crippen molar-refractivity contribution in [1.82, 2.24) is 14.5 Å². The van der Waals surface area contributed by atoms with E-state index in [9.17, 15) is 13.2 Å². The number of nitrogens with zero attached hydrogens (tertiary/aromatic N) is 2. The van der Waals surface area contributed by atoms with E-state index in [1.807, 2.05) is 37.4 Å². The number of sulfonamides is 1. The van der Waals surface area contributed by atoms with Crippen molar-refractivity contribution in [2.75, 3.05) is 38.2 Å². The van der Waals surface area contributed by atoms with Gasteiger partial charge < -0.3 is 4.90 Å². The number of rotatable bonds is 9. The minimum Gasteiger partial charge on any atom is -0.339 e. The maximum atomic E-state index is 13.3. The van der Waals surface area contributed by atoms with Crippen LogP contribution < -0.4 is 4.72 Å². The molecule has 1 atom stereocenters. The van der Waals surface area contributed by atoms with Crippen LogP contribution in [0.3, 0.4) is 0 Å². The van der Waals surface area contributed by atoms with Gasteiger partial charge in [0.2, 0.25) is 15.9 Å². The predicted octanol–water partition coefficient (Wildman–Crippen LogP) is 3.05. The van der Waals surface area contributed by atoms with Crippen LogP contribution in [-0.4, -0.2) is 68.4 Å². The van der Waals surface area contributed by atoms with E-state index >= 15 is 0 Å². The zero-order valence-corrected chi connectivity index (χ0v) is 20.7. The lowest BCUT2D eigenvalue weighted by Crippen LogP contribution is -2.54. The first-order valence-electron chi connectivity index (χ1n) is 10.9. The van der Waals surface area contributed by atoms with Gasteiger partial charge in [0.05, 0.1) is 4.90 Å². The van der Waals surface area contributed by atoms with Gasteiger partial charge in [0.1, 0.15) is 6.04 Å². The molecule has 0 spiro atoms. The van der Waals surface area contributed by atoms with Crippen LogP contribution in [0.25, 0.3) is 0 Å². The molecule has 1 aliphatic heterocycles. The molecule has 0 radical (unpaired) electrons. The lowest BCUT2D eigenvalue weighted by Gasteiger charge is -2.36. The highest BCUT2D eigenvalue weighted by atomic mass is 32.2. The first-order valence-corrected chi connectivity index (χ1v) is 13.8. The number of hydrogen-bond acceptors (Lipinski definition) is 5. The number of carbonyl (C=O) groups excluding carboxylic acids is 1. The highest BCUT2D eigenvalue weighted by molar-refractivity contribution is 7.98. The zero-order valence-electron chi connectivity index (χ0n) is 19.1. The third-order valence-corrected chi connectivity index (χ3v) is 8.03. The number of hydrogen-bond donors (Lipinski definition) is 1. The van der Waals surface area contributed by atoms with Crippen LogP contribution in [0.15, 0.2) is 53.4 Å². The van der Waals surface area contributed by atoms with Crippen LogP contribution in [-0.2, 0) is 21.4 Å². The Labute approximate surface area is 196 Å². The maximum Gasteiger partial charge on any atom is 0.241 e. The number of aryl methyl sites for hydroxylation is 2. The maximum absolute atomic E-state index is 13.3. The number of carbonyl (C=O) groups is 1. The molecule has 2 aromatic rings. The van der Waals surface area contributed by atoms with Crippen molar-refractivity contribution >= 4 is 27.7 Å². The summed E-state index contributed by atoms with van der Waals surface area (Å²) >= 11 is 1.61. The van der Waals surface area contributed by atoms with Crippen LogP contribution in [0.1, 0.15) is 23.1 Å². The van der Waals surface area contributed by atoms with Crippen molar-refractivity contribution in [1.29, 1.82) is 0 Å². The predicted molar refractivity (Wildman–Crippen MR) is 131 cm³/mol. The van der Waals surface area contributed by atoms with Gasteiger partial charge in [-0.15, -0.1) is 0 Å². The molecule has 1 saturated heterocycles. The Hall–Kier alpha value is -1.87. The van der Waals surface area contributed by atoms with Gasteiger partial charge in [-0.05, 0) is 55.0 Å². The summed E-state index contributed by atoms with van der Waals surface area (Å²) in [5.41, 5.74) is 2.80. The summed E-state index contributed by atoms with van der Waals surface area (Å²) in [6.07, 6.45) is 2.43. The number of amides is 1. The van der Waals surface area contributed by atoms with Gasteiger partial charge in [0.15, 0.2) is 0 Å². The second-order valence-electron chi connectivity index (χ2n) is 8.31. The van der Waals surface area contributed by atoms with E-state index in [1.54, 1.807) is 35.7 Å². The van der Waals surface area contributed by atoms with Gasteiger partial charge in [-0.3, -0.25) is 9.69 Å². The summed E-state index contributed by atoms with van der Waals surface area (Å²) in [6.45, 7) is 7.26. The molecular formula is C24H33N3O3S2. The average molecular weight is 476 g/mol. The number of piperazine rings is 1. The van der Waals surface area contributed by atoms with E-state index in [1.165, 1.54) is 5.56 Å². The molecule has 1 heterocycles. The van der Waals surface area contributed by atoms with Gasteiger partial charge in [0.25, 0.3) is 0 Å². The normalized spacial score (nSPS) is 16.2. The molecule has 8 heteroatoms. The van der Waals surface area contributed by atoms with Crippen molar-refractivity contribution in [2.45, 2.75) is 37.8 Å². The van der Waals surface area contributed by atoms with E-state index in [-0.39, 0.29) is 10.8 Å². The SMILES string of the molecule is CSCC[C@@H](NS(=O)(=O)c1cc(C)ccc1C)C(=O)N1CCN(Cc2ccccc2)CC1. The van der Waals surface area contributed by atoms with Gasteiger partial charge in [0, 0.05) is 32.7 Å². The molecule has 0 aliphatic carbocycles. The van der Waals surface area contributed by atoms with Crippen LogP contribution in [0.5, 0.6) is 0 Å². The second-order valence-corrected chi connectivity index (χ2v) is 11.0. The standard InChI is InChI=1S/C24H33N3O3S2/c1-19-9-10-20(2)23(17-19)32(29,30)25-22(11-16-31-3)24(28)27-14-12-26(13-15-27)18-21-7-5-4-6-8-21/h4-10,17,22,25H,11-16,18H2,1-3H3/t22-/m1/s1. The quantitative estimate of drug-likeness (QED) is 0.604. The second kappa shape index (κ2) is 11.3. The largest absolute Gasteiger partial charge is 0.339 e. The molecular weight excluding hydrogens is 442 g/mol. The average Bonchev–Trinajstić information content (AvgIpc) is 2.79. The molecule has 1 aliphatic rings. The molecule has 32 heavy (non-hydrogen) atoms.